The first-order chi connectivity index (χ1) is 10.2. The molecule has 4 rings (SSSR count). The summed E-state index contributed by atoms with van der Waals surface area (Å²) in [7, 11) is 0. The van der Waals surface area contributed by atoms with Gasteiger partial charge in [0.1, 0.15) is 17.3 Å². The first-order valence-corrected chi connectivity index (χ1v) is 9.30. The van der Waals surface area contributed by atoms with Crippen molar-refractivity contribution >= 4 is 22.6 Å². The van der Waals surface area contributed by atoms with Crippen molar-refractivity contribution in [2.75, 3.05) is 11.0 Å². The molecule has 21 heavy (non-hydrogen) atoms. The number of halogens is 1. The van der Waals surface area contributed by atoms with E-state index in [4.69, 9.17) is 14.5 Å². The zero-order valence-corrected chi connectivity index (χ0v) is 14.4. The fourth-order valence-corrected chi connectivity index (χ4v) is 4.67. The molecule has 0 amide bonds. The lowest BCUT2D eigenvalue weighted by Gasteiger charge is -2.41. The standard InChI is InChI=1S/C17H21IO3/c1-16(10-18)11-19-17(13-5-3-2-4-6-13)14-8-7-12(9-14)15(17)20-21-16/h2-6,12,14-15H,7-11H2,1H3/t12-,14+,15+,16-,17-/m0/s1. The maximum Gasteiger partial charge on any atom is 0.133 e. The fourth-order valence-electron chi connectivity index (χ4n) is 4.32. The normalized spacial score (nSPS) is 45.3. The van der Waals surface area contributed by atoms with Gasteiger partial charge >= 0.3 is 0 Å². The summed E-state index contributed by atoms with van der Waals surface area (Å²) in [6.45, 7) is 2.66. The fraction of sp³-hybridized carbons (Fsp3) is 0.647. The van der Waals surface area contributed by atoms with Crippen LogP contribution in [0.3, 0.4) is 0 Å². The van der Waals surface area contributed by atoms with Gasteiger partial charge in [0.25, 0.3) is 0 Å². The molecule has 2 aliphatic carbocycles. The minimum Gasteiger partial charge on any atom is -0.364 e. The van der Waals surface area contributed by atoms with Gasteiger partial charge in [0.05, 0.1) is 6.61 Å². The third kappa shape index (κ3) is 2.10. The maximum absolute atomic E-state index is 6.59. The Bertz CT molecular complexity index is 522. The van der Waals surface area contributed by atoms with Crippen LogP contribution in [0.25, 0.3) is 0 Å². The topological polar surface area (TPSA) is 27.7 Å². The monoisotopic (exact) mass is 400 g/mol. The number of rotatable bonds is 2. The number of fused-ring (bicyclic) bond motifs is 5. The molecule has 2 saturated carbocycles. The smallest absolute Gasteiger partial charge is 0.133 e. The molecule has 3 nitrogen and oxygen atoms in total. The highest BCUT2D eigenvalue weighted by Gasteiger charge is 2.63. The van der Waals surface area contributed by atoms with Crippen LogP contribution in [-0.2, 0) is 20.1 Å². The van der Waals surface area contributed by atoms with Crippen LogP contribution in [0.2, 0.25) is 0 Å². The highest BCUT2D eigenvalue weighted by atomic mass is 127. The van der Waals surface area contributed by atoms with Crippen molar-refractivity contribution in [1.29, 1.82) is 0 Å². The van der Waals surface area contributed by atoms with Crippen molar-refractivity contribution < 1.29 is 14.5 Å². The molecule has 1 aromatic carbocycles. The maximum atomic E-state index is 6.59. The van der Waals surface area contributed by atoms with Gasteiger partial charge in [-0.1, -0.05) is 52.9 Å². The Morgan fingerprint density at radius 1 is 1.24 bits per heavy atom. The third-order valence-corrected chi connectivity index (χ3v) is 7.02. The molecule has 3 aliphatic rings. The van der Waals surface area contributed by atoms with E-state index >= 15 is 0 Å². The van der Waals surface area contributed by atoms with Gasteiger partial charge in [0.2, 0.25) is 0 Å². The molecule has 114 valence electrons. The van der Waals surface area contributed by atoms with Crippen LogP contribution < -0.4 is 0 Å². The highest BCUT2D eigenvalue weighted by Crippen LogP contribution is 2.60. The summed E-state index contributed by atoms with van der Waals surface area (Å²) in [5.74, 6) is 1.11. The van der Waals surface area contributed by atoms with Gasteiger partial charge in [-0.05, 0) is 43.6 Å². The van der Waals surface area contributed by atoms with Gasteiger partial charge in [-0.15, -0.1) is 0 Å². The molecule has 1 aromatic rings. The second-order valence-corrected chi connectivity index (χ2v) is 7.66. The van der Waals surface area contributed by atoms with Gasteiger partial charge in [-0.2, -0.15) is 0 Å². The number of hydrogen-bond acceptors (Lipinski definition) is 3. The van der Waals surface area contributed by atoms with Crippen molar-refractivity contribution in [3.8, 4) is 0 Å². The third-order valence-electron chi connectivity index (χ3n) is 5.41. The summed E-state index contributed by atoms with van der Waals surface area (Å²) < 4.78 is 7.45. The van der Waals surface area contributed by atoms with Crippen molar-refractivity contribution in [3.05, 3.63) is 35.9 Å². The average Bonchev–Trinajstić information content (AvgIpc) is 3.08. The van der Waals surface area contributed by atoms with Crippen LogP contribution in [0, 0.1) is 11.8 Å². The van der Waals surface area contributed by atoms with E-state index in [-0.39, 0.29) is 17.3 Å². The predicted octanol–water partition coefficient (Wildman–Crippen LogP) is 3.85. The summed E-state index contributed by atoms with van der Waals surface area (Å²) in [6, 6.07) is 10.6. The summed E-state index contributed by atoms with van der Waals surface area (Å²) in [5, 5.41) is 0. The van der Waals surface area contributed by atoms with Crippen LogP contribution in [-0.4, -0.2) is 22.7 Å². The summed E-state index contributed by atoms with van der Waals surface area (Å²) in [4.78, 5) is 11.8. The highest BCUT2D eigenvalue weighted by molar-refractivity contribution is 14.1. The molecule has 1 heterocycles. The summed E-state index contributed by atoms with van der Waals surface area (Å²) >= 11 is 2.35. The summed E-state index contributed by atoms with van der Waals surface area (Å²) in [6.07, 6.45) is 3.70. The Labute approximate surface area is 139 Å². The van der Waals surface area contributed by atoms with E-state index in [0.29, 0.717) is 18.4 Å². The van der Waals surface area contributed by atoms with Crippen molar-refractivity contribution in [2.24, 2.45) is 11.8 Å². The predicted molar refractivity (Wildman–Crippen MR) is 88.2 cm³/mol. The molecule has 0 spiro atoms. The molecule has 5 atom stereocenters. The van der Waals surface area contributed by atoms with Gasteiger partial charge in [0, 0.05) is 4.43 Å². The largest absolute Gasteiger partial charge is 0.364 e. The molecule has 3 fully saturated rings. The Balaban J connectivity index is 1.77. The average molecular weight is 400 g/mol. The molecule has 0 aromatic heterocycles. The second kappa shape index (κ2) is 5.18. The zero-order valence-electron chi connectivity index (χ0n) is 12.3. The number of ether oxygens (including phenoxy) is 1. The van der Waals surface area contributed by atoms with E-state index in [0.717, 1.165) is 4.43 Å². The Morgan fingerprint density at radius 3 is 2.81 bits per heavy atom. The van der Waals surface area contributed by atoms with Crippen molar-refractivity contribution in [3.63, 3.8) is 0 Å². The molecular formula is C17H21IO3. The second-order valence-electron chi connectivity index (χ2n) is 6.90. The molecular weight excluding hydrogens is 379 g/mol. The van der Waals surface area contributed by atoms with E-state index in [2.05, 4.69) is 59.8 Å². The summed E-state index contributed by atoms with van der Waals surface area (Å²) in [5.41, 5.74) is 0.586. The van der Waals surface area contributed by atoms with Crippen LogP contribution in [0.1, 0.15) is 31.7 Å². The van der Waals surface area contributed by atoms with Crippen molar-refractivity contribution in [1.82, 2.24) is 0 Å². The molecule has 2 bridgehead atoms. The van der Waals surface area contributed by atoms with Crippen LogP contribution in [0.15, 0.2) is 30.3 Å². The van der Waals surface area contributed by atoms with E-state index in [1.165, 1.54) is 24.8 Å². The lowest BCUT2D eigenvalue weighted by atomic mass is 9.76. The van der Waals surface area contributed by atoms with E-state index in [9.17, 15) is 0 Å². The molecule has 0 unspecified atom stereocenters. The van der Waals surface area contributed by atoms with Crippen LogP contribution in [0.5, 0.6) is 0 Å². The molecule has 0 N–H and O–H groups in total. The molecule has 1 saturated heterocycles. The lowest BCUT2D eigenvalue weighted by molar-refractivity contribution is -0.379. The van der Waals surface area contributed by atoms with Gasteiger partial charge in [0.15, 0.2) is 0 Å². The first-order valence-electron chi connectivity index (χ1n) is 7.78. The number of alkyl halides is 1. The molecule has 1 aliphatic heterocycles. The van der Waals surface area contributed by atoms with Crippen LogP contribution >= 0.6 is 22.6 Å². The minimum absolute atomic E-state index is 0.0309. The molecule has 4 heteroatoms. The quantitative estimate of drug-likeness (QED) is 0.429. The number of benzene rings is 1. The zero-order chi connectivity index (χ0) is 14.5. The molecule has 0 radical (unpaired) electrons. The number of hydrogen-bond donors (Lipinski definition) is 0. The van der Waals surface area contributed by atoms with Gasteiger partial charge in [-0.25, -0.2) is 9.78 Å². The Hall–Kier alpha value is -0.170. The Kier molecular flexibility index (Phi) is 3.56. The Morgan fingerprint density at radius 2 is 2.05 bits per heavy atom. The SMILES string of the molecule is C[C@]1(CI)CO[C@@]2(c3ccccc3)[C@@H]3CC[C@@H](C3)[C@H]2OO1. The van der Waals surface area contributed by atoms with E-state index in [1.54, 1.807) is 0 Å². The van der Waals surface area contributed by atoms with Gasteiger partial charge in [-0.3, -0.25) is 0 Å². The van der Waals surface area contributed by atoms with Crippen molar-refractivity contribution in [2.45, 2.75) is 43.5 Å². The van der Waals surface area contributed by atoms with Crippen LogP contribution in [0.4, 0.5) is 0 Å². The minimum atomic E-state index is -0.355. The first kappa shape index (κ1) is 14.4. The van der Waals surface area contributed by atoms with E-state index < -0.39 is 0 Å². The van der Waals surface area contributed by atoms with E-state index in [1.807, 2.05) is 0 Å². The van der Waals surface area contributed by atoms with Gasteiger partial charge < -0.3 is 4.74 Å². The lowest BCUT2D eigenvalue weighted by Crippen LogP contribution is -2.47.